The molecule has 5 heteroatoms. The Kier molecular flexibility index (Phi) is 5.76. The van der Waals surface area contributed by atoms with Gasteiger partial charge < -0.3 is 10.0 Å². The molecule has 1 aromatic carbocycles. The zero-order chi connectivity index (χ0) is 15.2. The van der Waals surface area contributed by atoms with Crippen LogP contribution in [0.15, 0.2) is 24.3 Å². The number of carbonyl (C=O) groups excluding carboxylic acids is 2. The lowest BCUT2D eigenvalue weighted by Gasteiger charge is -2.31. The molecule has 0 spiro atoms. The summed E-state index contributed by atoms with van der Waals surface area (Å²) in [5.74, 6) is 0.126. The number of aliphatic hydroxyl groups is 1. The van der Waals surface area contributed by atoms with Crippen LogP contribution in [0.4, 0.5) is 0 Å². The Bertz CT molecular complexity index is 501. The number of piperidine rings is 1. The number of ketones is 1. The molecule has 1 unspecified atom stereocenters. The minimum atomic E-state index is -0.0456. The fourth-order valence-electron chi connectivity index (χ4n) is 2.60. The van der Waals surface area contributed by atoms with Crippen molar-refractivity contribution in [1.82, 2.24) is 4.90 Å². The number of benzene rings is 1. The zero-order valence-corrected chi connectivity index (χ0v) is 12.7. The van der Waals surface area contributed by atoms with Crippen molar-refractivity contribution in [1.29, 1.82) is 0 Å². The van der Waals surface area contributed by atoms with Crippen LogP contribution in [0.1, 0.15) is 36.0 Å². The minimum absolute atomic E-state index is 0.00420. The molecular weight excluding hydrogens is 290 g/mol. The third kappa shape index (κ3) is 4.55. The number of amides is 1. The highest BCUT2D eigenvalue weighted by molar-refractivity contribution is 6.30. The van der Waals surface area contributed by atoms with E-state index in [1.165, 1.54) is 0 Å². The first-order valence-electron chi connectivity index (χ1n) is 7.27. The molecule has 1 saturated heterocycles. The van der Waals surface area contributed by atoms with E-state index in [0.29, 0.717) is 17.1 Å². The Morgan fingerprint density at radius 2 is 1.95 bits per heavy atom. The SMILES string of the molecule is O=C(CCC(=O)N1CCCC(CO)C1)c1ccc(Cl)cc1. The van der Waals surface area contributed by atoms with Gasteiger partial charge in [0.25, 0.3) is 0 Å². The lowest BCUT2D eigenvalue weighted by molar-refractivity contribution is -0.133. The summed E-state index contributed by atoms with van der Waals surface area (Å²) in [6, 6.07) is 6.70. The highest BCUT2D eigenvalue weighted by atomic mass is 35.5. The van der Waals surface area contributed by atoms with Crippen LogP contribution in [0, 0.1) is 5.92 Å². The normalized spacial score (nSPS) is 18.6. The molecule has 0 saturated carbocycles. The predicted molar refractivity (Wildman–Crippen MR) is 81.4 cm³/mol. The van der Waals surface area contributed by atoms with Crippen LogP contribution < -0.4 is 0 Å². The molecular formula is C16H20ClNO3. The molecule has 4 nitrogen and oxygen atoms in total. The monoisotopic (exact) mass is 309 g/mol. The number of carbonyl (C=O) groups is 2. The fourth-order valence-corrected chi connectivity index (χ4v) is 2.73. The summed E-state index contributed by atoms with van der Waals surface area (Å²) in [4.78, 5) is 25.9. The van der Waals surface area contributed by atoms with Gasteiger partial charge in [0.05, 0.1) is 0 Å². The lowest BCUT2D eigenvalue weighted by atomic mass is 9.98. The second-order valence-electron chi connectivity index (χ2n) is 5.46. The number of aliphatic hydroxyl groups excluding tert-OH is 1. The van der Waals surface area contributed by atoms with Crippen molar-refractivity contribution < 1.29 is 14.7 Å². The number of Topliss-reactive ketones (excluding diaryl/α,β-unsaturated/α-hetero) is 1. The van der Waals surface area contributed by atoms with Gasteiger partial charge in [-0.2, -0.15) is 0 Å². The average molecular weight is 310 g/mol. The molecule has 1 aliphatic heterocycles. The highest BCUT2D eigenvalue weighted by Gasteiger charge is 2.23. The number of hydrogen-bond acceptors (Lipinski definition) is 3. The quantitative estimate of drug-likeness (QED) is 0.850. The minimum Gasteiger partial charge on any atom is -0.396 e. The first-order chi connectivity index (χ1) is 10.1. The van der Waals surface area contributed by atoms with E-state index in [9.17, 15) is 14.7 Å². The van der Waals surface area contributed by atoms with Gasteiger partial charge in [0, 0.05) is 43.1 Å². The van der Waals surface area contributed by atoms with Crippen LogP contribution >= 0.6 is 11.6 Å². The number of halogens is 1. The Morgan fingerprint density at radius 3 is 2.62 bits per heavy atom. The number of likely N-dealkylation sites (tertiary alicyclic amines) is 1. The van der Waals surface area contributed by atoms with Gasteiger partial charge in [0.1, 0.15) is 0 Å². The number of rotatable bonds is 5. The van der Waals surface area contributed by atoms with Crippen molar-refractivity contribution >= 4 is 23.3 Å². The van der Waals surface area contributed by atoms with Crippen molar-refractivity contribution in [3.63, 3.8) is 0 Å². The van der Waals surface area contributed by atoms with Crippen LogP contribution in [0.25, 0.3) is 0 Å². The van der Waals surface area contributed by atoms with Crippen LogP contribution in [0.2, 0.25) is 5.02 Å². The highest BCUT2D eigenvalue weighted by Crippen LogP contribution is 2.17. The van der Waals surface area contributed by atoms with E-state index in [0.717, 1.165) is 19.4 Å². The van der Waals surface area contributed by atoms with Gasteiger partial charge in [0.2, 0.25) is 5.91 Å². The van der Waals surface area contributed by atoms with Gasteiger partial charge in [-0.1, -0.05) is 11.6 Å². The molecule has 1 aromatic rings. The van der Waals surface area contributed by atoms with E-state index in [-0.39, 0.29) is 37.1 Å². The van der Waals surface area contributed by atoms with Crippen molar-refractivity contribution in [3.05, 3.63) is 34.9 Å². The summed E-state index contributed by atoms with van der Waals surface area (Å²) < 4.78 is 0. The second-order valence-corrected chi connectivity index (χ2v) is 5.90. The van der Waals surface area contributed by atoms with Gasteiger partial charge in [-0.15, -0.1) is 0 Å². The third-order valence-corrected chi connectivity index (χ3v) is 4.11. The fraction of sp³-hybridized carbons (Fsp3) is 0.500. The predicted octanol–water partition coefficient (Wildman–Crippen LogP) is 2.53. The molecule has 1 fully saturated rings. The molecule has 1 amide bonds. The molecule has 114 valence electrons. The maximum Gasteiger partial charge on any atom is 0.223 e. The first kappa shape index (κ1) is 16.0. The van der Waals surface area contributed by atoms with E-state index in [4.69, 9.17) is 11.6 Å². The molecule has 0 bridgehead atoms. The van der Waals surface area contributed by atoms with E-state index in [1.54, 1.807) is 29.2 Å². The Morgan fingerprint density at radius 1 is 1.24 bits per heavy atom. The Labute approximate surface area is 129 Å². The van der Waals surface area contributed by atoms with E-state index in [2.05, 4.69) is 0 Å². The maximum absolute atomic E-state index is 12.1. The third-order valence-electron chi connectivity index (χ3n) is 3.86. The number of nitrogens with zero attached hydrogens (tertiary/aromatic N) is 1. The van der Waals surface area contributed by atoms with Gasteiger partial charge >= 0.3 is 0 Å². The van der Waals surface area contributed by atoms with Crippen molar-refractivity contribution in [2.75, 3.05) is 19.7 Å². The summed E-state index contributed by atoms with van der Waals surface area (Å²) in [6.07, 6.45) is 2.31. The second kappa shape index (κ2) is 7.57. The summed E-state index contributed by atoms with van der Waals surface area (Å²) >= 11 is 5.78. The number of hydrogen-bond donors (Lipinski definition) is 1. The Hall–Kier alpha value is -1.39. The average Bonchev–Trinajstić information content (AvgIpc) is 2.53. The van der Waals surface area contributed by atoms with Crippen LogP contribution in [0.5, 0.6) is 0 Å². The van der Waals surface area contributed by atoms with Crippen LogP contribution in [-0.2, 0) is 4.79 Å². The van der Waals surface area contributed by atoms with Crippen molar-refractivity contribution in [2.24, 2.45) is 5.92 Å². The largest absolute Gasteiger partial charge is 0.396 e. The molecule has 1 atom stereocenters. The van der Waals surface area contributed by atoms with E-state index in [1.807, 2.05) is 0 Å². The standard InChI is InChI=1S/C16H20ClNO3/c17-14-5-3-13(4-6-14)15(20)7-8-16(21)18-9-1-2-12(10-18)11-19/h3-6,12,19H,1-2,7-11H2. The summed E-state index contributed by atoms with van der Waals surface area (Å²) in [5.41, 5.74) is 0.582. The molecule has 21 heavy (non-hydrogen) atoms. The summed E-state index contributed by atoms with van der Waals surface area (Å²) in [5, 5.41) is 9.77. The molecule has 1 N–H and O–H groups in total. The van der Waals surface area contributed by atoms with E-state index >= 15 is 0 Å². The molecule has 1 heterocycles. The molecule has 0 radical (unpaired) electrons. The Balaban J connectivity index is 1.83. The first-order valence-corrected chi connectivity index (χ1v) is 7.65. The van der Waals surface area contributed by atoms with Gasteiger partial charge in [-0.25, -0.2) is 0 Å². The molecule has 0 aromatic heterocycles. The zero-order valence-electron chi connectivity index (χ0n) is 11.9. The van der Waals surface area contributed by atoms with Crippen molar-refractivity contribution in [3.8, 4) is 0 Å². The van der Waals surface area contributed by atoms with Crippen LogP contribution in [0.3, 0.4) is 0 Å². The topological polar surface area (TPSA) is 57.6 Å². The molecule has 1 aliphatic rings. The van der Waals surface area contributed by atoms with Crippen LogP contribution in [-0.4, -0.2) is 41.4 Å². The lowest BCUT2D eigenvalue weighted by Crippen LogP contribution is -2.41. The van der Waals surface area contributed by atoms with Gasteiger partial charge in [0.15, 0.2) is 5.78 Å². The van der Waals surface area contributed by atoms with Crippen molar-refractivity contribution in [2.45, 2.75) is 25.7 Å². The summed E-state index contributed by atoms with van der Waals surface area (Å²) in [6.45, 7) is 1.45. The molecule has 0 aliphatic carbocycles. The van der Waals surface area contributed by atoms with Gasteiger partial charge in [-0.05, 0) is 43.0 Å². The smallest absolute Gasteiger partial charge is 0.223 e. The molecule has 2 rings (SSSR count). The maximum atomic E-state index is 12.1. The summed E-state index contributed by atoms with van der Waals surface area (Å²) in [7, 11) is 0. The van der Waals surface area contributed by atoms with E-state index < -0.39 is 0 Å². The van der Waals surface area contributed by atoms with Gasteiger partial charge in [-0.3, -0.25) is 9.59 Å².